The van der Waals surface area contributed by atoms with Crippen LogP contribution in [0.3, 0.4) is 0 Å². The molecule has 2 fully saturated rings. The summed E-state index contributed by atoms with van der Waals surface area (Å²) in [4.78, 5) is 16.6. The van der Waals surface area contributed by atoms with Crippen LogP contribution < -0.4 is 15.1 Å². The molecule has 0 amide bonds. The summed E-state index contributed by atoms with van der Waals surface area (Å²) in [6.07, 6.45) is 0.890. The zero-order valence-corrected chi connectivity index (χ0v) is 19.4. The zero-order valence-electron chi connectivity index (χ0n) is 18.6. The highest BCUT2D eigenvalue weighted by molar-refractivity contribution is 7.09. The molecule has 1 N–H and O–H groups in total. The molecule has 2 aromatic rings. The quantitative estimate of drug-likeness (QED) is 0.542. The minimum Gasteiger partial charge on any atom is -0.378 e. The lowest BCUT2D eigenvalue weighted by atomic mass is 10.2. The van der Waals surface area contributed by atoms with E-state index in [1.165, 1.54) is 22.8 Å². The van der Waals surface area contributed by atoms with Gasteiger partial charge in [0.2, 0.25) is 5.13 Å². The van der Waals surface area contributed by atoms with E-state index in [1.807, 2.05) is 0 Å². The van der Waals surface area contributed by atoms with Crippen LogP contribution >= 0.6 is 11.5 Å². The van der Waals surface area contributed by atoms with E-state index in [-0.39, 0.29) is 0 Å². The highest BCUT2D eigenvalue weighted by atomic mass is 32.1. The molecular weight excluding hydrogens is 410 g/mol. The number of nitrogens with zero attached hydrogens (tertiary/aromatic N) is 6. The van der Waals surface area contributed by atoms with Gasteiger partial charge in [-0.2, -0.15) is 4.37 Å². The van der Waals surface area contributed by atoms with E-state index in [2.05, 4.69) is 67.5 Å². The Morgan fingerprint density at radius 3 is 2.42 bits per heavy atom. The fourth-order valence-electron chi connectivity index (χ4n) is 3.85. The number of rotatable bonds is 6. The average Bonchev–Trinajstić information content (AvgIpc) is 3.32. The van der Waals surface area contributed by atoms with Gasteiger partial charge in [0.15, 0.2) is 5.96 Å². The standard InChI is InChI=1S/C22H33N7OS/c1-3-20-25-22(31-26-20)29-11-9-28(10-12-29)21(23-4-2)24-17-18-5-7-19(8-6-18)27-13-15-30-16-14-27/h5-8H,3-4,9-17H2,1-2H3,(H,23,24). The van der Waals surface area contributed by atoms with Gasteiger partial charge in [0.05, 0.1) is 19.8 Å². The van der Waals surface area contributed by atoms with Crippen LogP contribution in [0, 0.1) is 0 Å². The molecule has 168 valence electrons. The average molecular weight is 444 g/mol. The Bertz CT molecular complexity index is 840. The number of benzene rings is 1. The molecule has 8 nitrogen and oxygen atoms in total. The molecule has 1 aromatic carbocycles. The third-order valence-corrected chi connectivity index (χ3v) is 6.50. The molecule has 0 radical (unpaired) electrons. The van der Waals surface area contributed by atoms with Crippen molar-refractivity contribution in [2.45, 2.75) is 26.8 Å². The van der Waals surface area contributed by atoms with Gasteiger partial charge in [0.25, 0.3) is 0 Å². The van der Waals surface area contributed by atoms with Crippen LogP contribution in [-0.4, -0.2) is 79.2 Å². The molecule has 0 bridgehead atoms. The molecule has 0 saturated carbocycles. The van der Waals surface area contributed by atoms with Gasteiger partial charge in [-0.15, -0.1) is 0 Å². The van der Waals surface area contributed by atoms with Crippen molar-refractivity contribution in [1.29, 1.82) is 0 Å². The molecule has 31 heavy (non-hydrogen) atoms. The number of hydrogen-bond donors (Lipinski definition) is 1. The minimum atomic E-state index is 0.683. The Kier molecular flexibility index (Phi) is 7.58. The Hall–Kier alpha value is -2.39. The molecule has 4 rings (SSSR count). The van der Waals surface area contributed by atoms with Gasteiger partial charge in [-0.3, -0.25) is 0 Å². The number of aliphatic imine (C=N–C) groups is 1. The largest absolute Gasteiger partial charge is 0.378 e. The summed E-state index contributed by atoms with van der Waals surface area (Å²) in [5, 5.41) is 4.50. The Morgan fingerprint density at radius 2 is 1.77 bits per heavy atom. The van der Waals surface area contributed by atoms with Crippen molar-refractivity contribution in [3.8, 4) is 0 Å². The predicted molar refractivity (Wildman–Crippen MR) is 127 cm³/mol. The van der Waals surface area contributed by atoms with Crippen LogP contribution in [0.25, 0.3) is 0 Å². The molecule has 2 aliphatic rings. The number of morpholine rings is 1. The van der Waals surface area contributed by atoms with Crippen LogP contribution in [0.5, 0.6) is 0 Å². The smallest absolute Gasteiger partial charge is 0.205 e. The Balaban J connectivity index is 1.34. The lowest BCUT2D eigenvalue weighted by Crippen LogP contribution is -2.52. The van der Waals surface area contributed by atoms with Crippen molar-refractivity contribution in [2.24, 2.45) is 4.99 Å². The third-order valence-electron chi connectivity index (χ3n) is 5.68. The lowest BCUT2D eigenvalue weighted by molar-refractivity contribution is 0.122. The zero-order chi connectivity index (χ0) is 21.5. The van der Waals surface area contributed by atoms with E-state index in [0.717, 1.165) is 82.4 Å². The highest BCUT2D eigenvalue weighted by Gasteiger charge is 2.22. The van der Waals surface area contributed by atoms with Crippen LogP contribution in [-0.2, 0) is 17.7 Å². The summed E-state index contributed by atoms with van der Waals surface area (Å²) in [6.45, 7) is 13.1. The summed E-state index contributed by atoms with van der Waals surface area (Å²) in [7, 11) is 0. The predicted octanol–water partition coefficient (Wildman–Crippen LogP) is 2.22. The van der Waals surface area contributed by atoms with Gasteiger partial charge in [0.1, 0.15) is 5.82 Å². The maximum atomic E-state index is 5.45. The summed E-state index contributed by atoms with van der Waals surface area (Å²) < 4.78 is 9.87. The van der Waals surface area contributed by atoms with E-state index in [4.69, 9.17) is 9.73 Å². The highest BCUT2D eigenvalue weighted by Crippen LogP contribution is 2.20. The van der Waals surface area contributed by atoms with Crippen LogP contribution in [0.4, 0.5) is 10.8 Å². The Morgan fingerprint density at radius 1 is 1.03 bits per heavy atom. The topological polar surface area (TPSA) is 69.1 Å². The number of guanidine groups is 1. The second-order valence-electron chi connectivity index (χ2n) is 7.76. The number of piperazine rings is 1. The lowest BCUT2D eigenvalue weighted by Gasteiger charge is -2.36. The first-order valence-corrected chi connectivity index (χ1v) is 12.1. The van der Waals surface area contributed by atoms with Crippen molar-refractivity contribution in [2.75, 3.05) is 68.8 Å². The van der Waals surface area contributed by atoms with Crippen LogP contribution in [0.1, 0.15) is 25.2 Å². The summed E-state index contributed by atoms with van der Waals surface area (Å²) in [6, 6.07) is 8.79. The van der Waals surface area contributed by atoms with Crippen molar-refractivity contribution in [3.63, 3.8) is 0 Å². The molecule has 0 spiro atoms. The van der Waals surface area contributed by atoms with Crippen LogP contribution in [0.15, 0.2) is 29.3 Å². The maximum Gasteiger partial charge on any atom is 0.205 e. The first kappa shape index (κ1) is 21.8. The van der Waals surface area contributed by atoms with Gasteiger partial charge >= 0.3 is 0 Å². The molecule has 0 aliphatic carbocycles. The molecule has 0 atom stereocenters. The van der Waals surface area contributed by atoms with Gasteiger partial charge < -0.3 is 24.8 Å². The summed E-state index contributed by atoms with van der Waals surface area (Å²) in [5.74, 6) is 1.93. The van der Waals surface area contributed by atoms with E-state index in [9.17, 15) is 0 Å². The fourth-order valence-corrected chi connectivity index (χ4v) is 4.65. The van der Waals surface area contributed by atoms with Crippen LogP contribution in [0.2, 0.25) is 0 Å². The number of aryl methyl sites for hydroxylation is 1. The normalized spacial score (nSPS) is 17.9. The van der Waals surface area contributed by atoms with E-state index >= 15 is 0 Å². The van der Waals surface area contributed by atoms with Crippen molar-refractivity contribution in [3.05, 3.63) is 35.7 Å². The SMILES string of the molecule is CCNC(=NCc1ccc(N2CCOCC2)cc1)N1CCN(c2nc(CC)ns2)CC1. The summed E-state index contributed by atoms with van der Waals surface area (Å²) in [5.41, 5.74) is 2.49. The van der Waals surface area contributed by atoms with E-state index in [0.29, 0.717) is 6.54 Å². The molecule has 1 aromatic heterocycles. The number of aromatic nitrogens is 2. The molecule has 9 heteroatoms. The van der Waals surface area contributed by atoms with Crippen molar-refractivity contribution in [1.82, 2.24) is 19.6 Å². The second kappa shape index (κ2) is 10.8. The number of anilines is 2. The first-order valence-electron chi connectivity index (χ1n) is 11.3. The number of nitrogens with one attached hydrogen (secondary N) is 1. The Labute approximate surface area is 189 Å². The van der Waals surface area contributed by atoms with Crippen molar-refractivity contribution < 1.29 is 4.74 Å². The maximum absolute atomic E-state index is 5.45. The monoisotopic (exact) mass is 443 g/mol. The van der Waals surface area contributed by atoms with Crippen molar-refractivity contribution >= 4 is 28.3 Å². The molecule has 2 aliphatic heterocycles. The summed E-state index contributed by atoms with van der Waals surface area (Å²) >= 11 is 1.51. The molecule has 3 heterocycles. The molecular formula is C22H33N7OS. The first-order chi connectivity index (χ1) is 15.3. The number of hydrogen-bond acceptors (Lipinski definition) is 7. The fraction of sp³-hybridized carbons (Fsp3) is 0.591. The van der Waals surface area contributed by atoms with E-state index in [1.54, 1.807) is 0 Å². The van der Waals surface area contributed by atoms with Gasteiger partial charge in [-0.25, -0.2) is 9.98 Å². The van der Waals surface area contributed by atoms with Gasteiger partial charge in [-0.1, -0.05) is 19.1 Å². The second-order valence-corrected chi connectivity index (χ2v) is 8.49. The third kappa shape index (κ3) is 5.65. The minimum absolute atomic E-state index is 0.683. The van der Waals surface area contributed by atoms with Gasteiger partial charge in [-0.05, 0) is 24.6 Å². The van der Waals surface area contributed by atoms with Gasteiger partial charge in [0, 0.05) is 69.5 Å². The molecule has 0 unspecified atom stereocenters. The van der Waals surface area contributed by atoms with E-state index < -0.39 is 0 Å². The number of ether oxygens (including phenoxy) is 1. The molecule has 2 saturated heterocycles.